The fourth-order valence-corrected chi connectivity index (χ4v) is 2.36. The third kappa shape index (κ3) is 2.74. The van der Waals surface area contributed by atoms with Gasteiger partial charge in [0.15, 0.2) is 0 Å². The van der Waals surface area contributed by atoms with Crippen LogP contribution in [0.5, 0.6) is 0 Å². The smallest absolute Gasteiger partial charge is 0.335 e. The lowest BCUT2D eigenvalue weighted by molar-refractivity contribution is 0.0696. The van der Waals surface area contributed by atoms with Crippen LogP contribution in [0.15, 0.2) is 41.0 Å². The van der Waals surface area contributed by atoms with Gasteiger partial charge in [-0.05, 0) is 35.4 Å². The Hall–Kier alpha value is -2.76. The van der Waals surface area contributed by atoms with Gasteiger partial charge in [-0.25, -0.2) is 9.59 Å². The zero-order chi connectivity index (χ0) is 14.8. The van der Waals surface area contributed by atoms with Crippen LogP contribution < -0.4 is 5.32 Å². The van der Waals surface area contributed by atoms with Crippen molar-refractivity contribution in [3.63, 3.8) is 0 Å². The highest BCUT2D eigenvalue weighted by molar-refractivity contribution is 5.88. The van der Waals surface area contributed by atoms with Crippen molar-refractivity contribution in [1.29, 1.82) is 0 Å². The number of fused-ring (bicyclic) bond motifs is 1. The minimum atomic E-state index is -0.960. The maximum absolute atomic E-state index is 12.1. The molecule has 108 valence electrons. The van der Waals surface area contributed by atoms with Crippen LogP contribution in [0.2, 0.25) is 0 Å². The van der Waals surface area contributed by atoms with Gasteiger partial charge in [0.1, 0.15) is 5.76 Å². The maximum atomic E-state index is 12.1. The van der Waals surface area contributed by atoms with Gasteiger partial charge in [0.05, 0.1) is 18.4 Å². The molecule has 0 saturated carbocycles. The predicted molar refractivity (Wildman–Crippen MR) is 73.6 cm³/mol. The number of aromatic carboxylic acids is 1. The highest BCUT2D eigenvalue weighted by Crippen LogP contribution is 2.24. The second kappa shape index (κ2) is 5.32. The van der Waals surface area contributed by atoms with Crippen molar-refractivity contribution in [3.05, 3.63) is 59.0 Å². The van der Waals surface area contributed by atoms with E-state index in [9.17, 15) is 9.59 Å². The van der Waals surface area contributed by atoms with Crippen molar-refractivity contribution in [3.8, 4) is 0 Å². The molecule has 2 aromatic rings. The van der Waals surface area contributed by atoms with Gasteiger partial charge in [-0.2, -0.15) is 0 Å². The van der Waals surface area contributed by atoms with E-state index < -0.39 is 5.97 Å². The molecule has 1 aromatic heterocycles. The first-order valence-corrected chi connectivity index (χ1v) is 6.54. The summed E-state index contributed by atoms with van der Waals surface area (Å²) in [5.41, 5.74) is 2.10. The first-order chi connectivity index (χ1) is 10.1. The van der Waals surface area contributed by atoms with E-state index in [4.69, 9.17) is 9.52 Å². The molecule has 0 atom stereocenters. The molecule has 0 saturated heterocycles. The van der Waals surface area contributed by atoms with Crippen LogP contribution in [0.3, 0.4) is 0 Å². The summed E-state index contributed by atoms with van der Waals surface area (Å²) in [5.74, 6) is -0.272. The van der Waals surface area contributed by atoms with Crippen molar-refractivity contribution in [2.45, 2.75) is 19.6 Å². The lowest BCUT2D eigenvalue weighted by atomic mass is 10.1. The molecule has 0 unspecified atom stereocenters. The highest BCUT2D eigenvalue weighted by Gasteiger charge is 2.24. The minimum Gasteiger partial charge on any atom is -0.478 e. The molecule has 2 N–H and O–H groups in total. The van der Waals surface area contributed by atoms with Crippen molar-refractivity contribution >= 4 is 12.0 Å². The predicted octanol–water partition coefficient (Wildman–Crippen LogP) is 2.20. The highest BCUT2D eigenvalue weighted by atomic mass is 16.4. The SMILES string of the molecule is O=C(O)c1ccc2c(c1)CN(C(=O)NCc1ccco1)C2. The van der Waals surface area contributed by atoms with E-state index in [1.165, 1.54) is 0 Å². The number of carbonyl (C=O) groups is 2. The van der Waals surface area contributed by atoms with Crippen LogP contribution >= 0.6 is 0 Å². The van der Waals surface area contributed by atoms with Gasteiger partial charge in [-0.3, -0.25) is 0 Å². The number of amides is 2. The van der Waals surface area contributed by atoms with Gasteiger partial charge in [-0.15, -0.1) is 0 Å². The van der Waals surface area contributed by atoms with Gasteiger partial charge >= 0.3 is 12.0 Å². The van der Waals surface area contributed by atoms with Crippen LogP contribution in [-0.4, -0.2) is 22.0 Å². The average Bonchev–Trinajstić information content (AvgIpc) is 3.12. The molecule has 1 aliphatic heterocycles. The van der Waals surface area contributed by atoms with Crippen molar-refractivity contribution in [1.82, 2.24) is 10.2 Å². The summed E-state index contributed by atoms with van der Waals surface area (Å²) in [7, 11) is 0. The number of nitrogens with one attached hydrogen (secondary N) is 1. The Morgan fingerprint density at radius 1 is 1.24 bits per heavy atom. The normalized spacial score (nSPS) is 13.0. The minimum absolute atomic E-state index is 0.195. The number of carboxylic acids is 1. The number of carboxylic acid groups (broad SMARTS) is 1. The Morgan fingerprint density at radius 3 is 2.76 bits per heavy atom. The van der Waals surface area contributed by atoms with Gasteiger partial charge < -0.3 is 19.7 Å². The first-order valence-electron chi connectivity index (χ1n) is 6.54. The van der Waals surface area contributed by atoms with Gasteiger partial charge in [-0.1, -0.05) is 6.07 Å². The molecule has 3 rings (SSSR count). The summed E-state index contributed by atoms with van der Waals surface area (Å²) in [5, 5.41) is 11.8. The van der Waals surface area contributed by atoms with Gasteiger partial charge in [0.2, 0.25) is 0 Å². The van der Waals surface area contributed by atoms with Crippen molar-refractivity contribution in [2.75, 3.05) is 0 Å². The molecule has 6 heteroatoms. The van der Waals surface area contributed by atoms with E-state index in [0.717, 1.165) is 11.1 Å². The van der Waals surface area contributed by atoms with Gasteiger partial charge in [0, 0.05) is 13.1 Å². The molecule has 6 nitrogen and oxygen atoms in total. The Bertz CT molecular complexity index is 679. The van der Waals surface area contributed by atoms with E-state index in [1.54, 1.807) is 41.5 Å². The summed E-state index contributed by atoms with van der Waals surface area (Å²) >= 11 is 0. The number of nitrogens with zero attached hydrogens (tertiary/aromatic N) is 1. The molecule has 2 amide bonds. The lowest BCUT2D eigenvalue weighted by Crippen LogP contribution is -2.35. The maximum Gasteiger partial charge on any atom is 0.335 e. The number of urea groups is 1. The third-order valence-electron chi connectivity index (χ3n) is 3.46. The van der Waals surface area contributed by atoms with Crippen LogP contribution in [0, 0.1) is 0 Å². The first kappa shape index (κ1) is 13.2. The van der Waals surface area contributed by atoms with Crippen molar-refractivity contribution in [2.24, 2.45) is 0 Å². The van der Waals surface area contributed by atoms with Crippen LogP contribution in [0.4, 0.5) is 4.79 Å². The fourth-order valence-electron chi connectivity index (χ4n) is 2.36. The monoisotopic (exact) mass is 286 g/mol. The number of rotatable bonds is 3. The lowest BCUT2D eigenvalue weighted by Gasteiger charge is -2.15. The number of benzene rings is 1. The topological polar surface area (TPSA) is 82.8 Å². The van der Waals surface area contributed by atoms with Crippen LogP contribution in [0.25, 0.3) is 0 Å². The zero-order valence-electron chi connectivity index (χ0n) is 11.2. The Kier molecular flexibility index (Phi) is 3.35. The molecule has 1 aromatic carbocycles. The molecule has 0 radical (unpaired) electrons. The molecule has 0 aliphatic carbocycles. The molecule has 0 spiro atoms. The van der Waals surface area contributed by atoms with E-state index in [1.807, 2.05) is 0 Å². The Balaban J connectivity index is 1.64. The largest absolute Gasteiger partial charge is 0.478 e. The fraction of sp³-hybridized carbons (Fsp3) is 0.200. The molecule has 0 bridgehead atoms. The average molecular weight is 286 g/mol. The van der Waals surface area contributed by atoms with E-state index in [2.05, 4.69) is 5.32 Å². The number of hydrogen-bond donors (Lipinski definition) is 2. The number of furan rings is 1. The molecule has 1 aliphatic rings. The van der Waals surface area contributed by atoms with E-state index in [0.29, 0.717) is 25.4 Å². The Labute approximate surface area is 121 Å². The molecule has 0 fully saturated rings. The standard InChI is InChI=1S/C15H14N2O4/c18-14(19)10-3-4-11-8-17(9-12(11)6-10)15(20)16-7-13-2-1-5-21-13/h1-6H,7-9H2,(H,16,20)(H,18,19). The molecular formula is C15H14N2O4. The van der Waals surface area contributed by atoms with Crippen LogP contribution in [0.1, 0.15) is 27.2 Å². The number of hydrogen-bond acceptors (Lipinski definition) is 3. The molecular weight excluding hydrogens is 272 g/mol. The second-order valence-electron chi connectivity index (χ2n) is 4.88. The molecule has 2 heterocycles. The van der Waals surface area contributed by atoms with Gasteiger partial charge in [0.25, 0.3) is 0 Å². The third-order valence-corrected chi connectivity index (χ3v) is 3.46. The van der Waals surface area contributed by atoms with Crippen molar-refractivity contribution < 1.29 is 19.1 Å². The molecule has 21 heavy (non-hydrogen) atoms. The van der Waals surface area contributed by atoms with E-state index in [-0.39, 0.29) is 11.6 Å². The van der Waals surface area contributed by atoms with Crippen LogP contribution in [-0.2, 0) is 19.6 Å². The zero-order valence-corrected chi connectivity index (χ0v) is 11.2. The Morgan fingerprint density at radius 2 is 2.05 bits per heavy atom. The summed E-state index contributed by atoms with van der Waals surface area (Å²) in [6, 6.07) is 8.31. The van der Waals surface area contributed by atoms with E-state index >= 15 is 0 Å². The number of carbonyl (C=O) groups excluding carboxylic acids is 1. The summed E-state index contributed by atoms with van der Waals surface area (Å²) in [4.78, 5) is 24.7. The summed E-state index contributed by atoms with van der Waals surface area (Å²) in [6.07, 6.45) is 1.56. The summed E-state index contributed by atoms with van der Waals surface area (Å²) in [6.45, 7) is 1.23. The summed E-state index contributed by atoms with van der Waals surface area (Å²) < 4.78 is 5.15. The second-order valence-corrected chi connectivity index (χ2v) is 4.88. The quantitative estimate of drug-likeness (QED) is 0.906.